The second-order valence-corrected chi connectivity index (χ2v) is 4.17. The first-order valence-corrected chi connectivity index (χ1v) is 5.99. The summed E-state index contributed by atoms with van der Waals surface area (Å²) >= 11 is 0. The minimum atomic E-state index is -0.0404. The van der Waals surface area contributed by atoms with Gasteiger partial charge >= 0.3 is 0 Å². The van der Waals surface area contributed by atoms with Gasteiger partial charge in [-0.25, -0.2) is 5.43 Å². The molecule has 1 aromatic rings. The molecule has 5 heteroatoms. The van der Waals surface area contributed by atoms with Crippen LogP contribution in [0, 0.1) is 5.92 Å². The molecule has 0 atom stereocenters. The fourth-order valence-corrected chi connectivity index (χ4v) is 1.50. The Kier molecular flexibility index (Phi) is 3.82. The number of rotatable bonds is 5. The third-order valence-corrected chi connectivity index (χ3v) is 2.62. The van der Waals surface area contributed by atoms with E-state index in [1.807, 2.05) is 6.92 Å². The number of carbonyl (C=O) groups excluding carboxylic acids is 1. The summed E-state index contributed by atoms with van der Waals surface area (Å²) < 4.78 is 5.21. The molecule has 0 bridgehead atoms. The van der Waals surface area contributed by atoms with Crippen molar-refractivity contribution in [1.29, 1.82) is 0 Å². The summed E-state index contributed by atoms with van der Waals surface area (Å²) in [5.41, 5.74) is 3.17. The molecule has 0 radical (unpaired) electrons. The Morgan fingerprint density at radius 1 is 1.61 bits per heavy atom. The number of ether oxygens (including phenoxy) is 1. The number of hydrazone groups is 1. The minimum Gasteiger partial charge on any atom is -0.504 e. The maximum atomic E-state index is 11.3. The molecule has 18 heavy (non-hydrogen) atoms. The SMILES string of the molecule is CCOc1ccc(/C=N\NC(=O)C2CC2)cc1O. The number of nitrogens with one attached hydrogen (secondary N) is 1. The van der Waals surface area contributed by atoms with Crippen LogP contribution in [-0.2, 0) is 4.79 Å². The van der Waals surface area contributed by atoms with Gasteiger partial charge in [0.15, 0.2) is 11.5 Å². The smallest absolute Gasteiger partial charge is 0.243 e. The van der Waals surface area contributed by atoms with Gasteiger partial charge < -0.3 is 9.84 Å². The van der Waals surface area contributed by atoms with E-state index < -0.39 is 0 Å². The van der Waals surface area contributed by atoms with Crippen molar-refractivity contribution in [2.75, 3.05) is 6.61 Å². The summed E-state index contributed by atoms with van der Waals surface area (Å²) in [5.74, 6) is 0.600. The normalized spacial score (nSPS) is 14.7. The molecule has 0 aliphatic heterocycles. The molecular weight excluding hydrogens is 232 g/mol. The van der Waals surface area contributed by atoms with Gasteiger partial charge in [-0.1, -0.05) is 0 Å². The fourth-order valence-electron chi connectivity index (χ4n) is 1.50. The van der Waals surface area contributed by atoms with Crippen LogP contribution in [0.3, 0.4) is 0 Å². The summed E-state index contributed by atoms with van der Waals surface area (Å²) in [6.45, 7) is 2.35. The lowest BCUT2D eigenvalue weighted by Crippen LogP contribution is -2.18. The molecule has 0 spiro atoms. The van der Waals surface area contributed by atoms with Gasteiger partial charge in [-0.15, -0.1) is 0 Å². The van der Waals surface area contributed by atoms with Gasteiger partial charge in [-0.3, -0.25) is 4.79 Å². The first-order chi connectivity index (χ1) is 8.70. The summed E-state index contributed by atoms with van der Waals surface area (Å²) in [7, 11) is 0. The van der Waals surface area contributed by atoms with Crippen LogP contribution < -0.4 is 10.2 Å². The van der Waals surface area contributed by atoms with Gasteiger partial charge in [0, 0.05) is 5.92 Å². The zero-order chi connectivity index (χ0) is 13.0. The van der Waals surface area contributed by atoms with E-state index in [-0.39, 0.29) is 17.6 Å². The van der Waals surface area contributed by atoms with Gasteiger partial charge in [-0.05, 0) is 43.5 Å². The first-order valence-electron chi connectivity index (χ1n) is 5.99. The molecule has 1 fully saturated rings. The zero-order valence-corrected chi connectivity index (χ0v) is 10.2. The maximum absolute atomic E-state index is 11.3. The Labute approximate surface area is 105 Å². The third kappa shape index (κ3) is 3.23. The van der Waals surface area contributed by atoms with Crippen molar-refractivity contribution in [2.45, 2.75) is 19.8 Å². The van der Waals surface area contributed by atoms with E-state index in [1.165, 1.54) is 12.3 Å². The van der Waals surface area contributed by atoms with Crippen LogP contribution >= 0.6 is 0 Å². The van der Waals surface area contributed by atoms with E-state index in [0.29, 0.717) is 17.9 Å². The summed E-state index contributed by atoms with van der Waals surface area (Å²) in [4.78, 5) is 11.3. The number of nitrogens with zero attached hydrogens (tertiary/aromatic N) is 1. The average molecular weight is 248 g/mol. The molecule has 1 aromatic carbocycles. The fraction of sp³-hybridized carbons (Fsp3) is 0.385. The summed E-state index contributed by atoms with van der Waals surface area (Å²) in [6.07, 6.45) is 3.39. The Balaban J connectivity index is 1.94. The molecular formula is C13H16N2O3. The Hall–Kier alpha value is -2.04. The number of amides is 1. The van der Waals surface area contributed by atoms with Crippen LogP contribution in [0.2, 0.25) is 0 Å². The quantitative estimate of drug-likeness (QED) is 0.615. The van der Waals surface area contributed by atoms with E-state index >= 15 is 0 Å². The van der Waals surface area contributed by atoms with Crippen molar-refractivity contribution in [3.05, 3.63) is 23.8 Å². The van der Waals surface area contributed by atoms with E-state index in [2.05, 4.69) is 10.5 Å². The van der Waals surface area contributed by atoms with E-state index in [9.17, 15) is 9.90 Å². The molecule has 0 heterocycles. The van der Waals surface area contributed by atoms with Crippen molar-refractivity contribution < 1.29 is 14.6 Å². The average Bonchev–Trinajstić information content (AvgIpc) is 3.16. The molecule has 1 amide bonds. The molecule has 96 valence electrons. The predicted octanol–water partition coefficient (Wildman–Crippen LogP) is 1.65. The topological polar surface area (TPSA) is 70.9 Å². The summed E-state index contributed by atoms with van der Waals surface area (Å²) in [5, 5.41) is 13.5. The molecule has 1 aliphatic rings. The van der Waals surface area contributed by atoms with Crippen LogP contribution in [0.1, 0.15) is 25.3 Å². The minimum absolute atomic E-state index is 0.0404. The van der Waals surface area contributed by atoms with Crippen LogP contribution in [0.15, 0.2) is 23.3 Å². The highest BCUT2D eigenvalue weighted by Crippen LogP contribution is 2.28. The number of aromatic hydroxyl groups is 1. The lowest BCUT2D eigenvalue weighted by Gasteiger charge is -2.05. The molecule has 0 unspecified atom stereocenters. The number of benzene rings is 1. The Morgan fingerprint density at radius 2 is 2.39 bits per heavy atom. The largest absolute Gasteiger partial charge is 0.504 e. The van der Waals surface area contributed by atoms with Gasteiger partial charge in [-0.2, -0.15) is 5.10 Å². The number of hydrogen-bond donors (Lipinski definition) is 2. The number of hydrogen-bond acceptors (Lipinski definition) is 4. The van der Waals surface area contributed by atoms with E-state index in [4.69, 9.17) is 4.74 Å². The molecule has 5 nitrogen and oxygen atoms in total. The predicted molar refractivity (Wildman–Crippen MR) is 67.7 cm³/mol. The highest BCUT2D eigenvalue weighted by molar-refractivity contribution is 5.84. The first kappa shape index (κ1) is 12.4. The third-order valence-electron chi connectivity index (χ3n) is 2.62. The molecule has 1 saturated carbocycles. The van der Waals surface area contributed by atoms with Gasteiger partial charge in [0.1, 0.15) is 0 Å². The second kappa shape index (κ2) is 5.53. The maximum Gasteiger partial charge on any atom is 0.243 e. The molecule has 1 aliphatic carbocycles. The van der Waals surface area contributed by atoms with Crippen LogP contribution in [-0.4, -0.2) is 23.8 Å². The highest BCUT2D eigenvalue weighted by Gasteiger charge is 2.29. The van der Waals surface area contributed by atoms with Crippen molar-refractivity contribution >= 4 is 12.1 Å². The zero-order valence-electron chi connectivity index (χ0n) is 10.2. The van der Waals surface area contributed by atoms with Crippen LogP contribution in [0.5, 0.6) is 11.5 Å². The standard InChI is InChI=1S/C13H16N2O3/c1-2-18-12-6-3-9(7-11(12)16)8-14-15-13(17)10-4-5-10/h3,6-8,10,16H,2,4-5H2,1H3,(H,15,17)/b14-8-. The van der Waals surface area contributed by atoms with Gasteiger partial charge in [0.2, 0.25) is 5.91 Å². The van der Waals surface area contributed by atoms with E-state index in [0.717, 1.165) is 12.8 Å². The molecule has 2 rings (SSSR count). The number of phenolic OH excluding ortho intramolecular Hbond substituents is 1. The van der Waals surface area contributed by atoms with Crippen molar-refractivity contribution in [2.24, 2.45) is 11.0 Å². The van der Waals surface area contributed by atoms with E-state index in [1.54, 1.807) is 12.1 Å². The number of carbonyl (C=O) groups is 1. The Morgan fingerprint density at radius 3 is 3.00 bits per heavy atom. The Bertz CT molecular complexity index is 467. The summed E-state index contributed by atoms with van der Waals surface area (Å²) in [6, 6.07) is 4.97. The molecule has 0 aromatic heterocycles. The van der Waals surface area contributed by atoms with Crippen molar-refractivity contribution in [1.82, 2.24) is 5.43 Å². The lowest BCUT2D eigenvalue weighted by molar-refractivity contribution is -0.122. The second-order valence-electron chi connectivity index (χ2n) is 4.17. The lowest BCUT2D eigenvalue weighted by atomic mass is 10.2. The van der Waals surface area contributed by atoms with Crippen molar-refractivity contribution in [3.8, 4) is 11.5 Å². The van der Waals surface area contributed by atoms with Gasteiger partial charge in [0.25, 0.3) is 0 Å². The van der Waals surface area contributed by atoms with Crippen LogP contribution in [0.4, 0.5) is 0 Å². The number of phenols is 1. The van der Waals surface area contributed by atoms with Crippen LogP contribution in [0.25, 0.3) is 0 Å². The monoisotopic (exact) mass is 248 g/mol. The van der Waals surface area contributed by atoms with Crippen molar-refractivity contribution in [3.63, 3.8) is 0 Å². The molecule has 2 N–H and O–H groups in total. The highest BCUT2D eigenvalue weighted by atomic mass is 16.5. The van der Waals surface area contributed by atoms with Gasteiger partial charge in [0.05, 0.1) is 12.8 Å². The molecule has 0 saturated heterocycles.